The monoisotopic (exact) mass is 386 g/mol. The molecule has 0 aliphatic heterocycles. The van der Waals surface area contributed by atoms with E-state index in [1.54, 1.807) is 6.07 Å². The van der Waals surface area contributed by atoms with E-state index in [1.165, 1.54) is 17.2 Å². The van der Waals surface area contributed by atoms with Crippen LogP contribution in [0.25, 0.3) is 0 Å². The zero-order valence-electron chi connectivity index (χ0n) is 16.7. The number of rotatable bonds is 8. The van der Waals surface area contributed by atoms with Gasteiger partial charge in [0.15, 0.2) is 6.61 Å². The van der Waals surface area contributed by atoms with Gasteiger partial charge in [0, 0.05) is 11.7 Å². The molecule has 7 heteroatoms. The lowest BCUT2D eigenvalue weighted by molar-refractivity contribution is -0.139. The molecule has 1 aromatic heterocycles. The maximum Gasteiger partial charge on any atom is 0.374 e. The SMILES string of the molecule is CC[C@H](C)N(CC(=O)Nc1cccc(C)c1C)C(=O)COC(=O)c1ccco1. The van der Waals surface area contributed by atoms with Gasteiger partial charge in [-0.25, -0.2) is 4.79 Å². The number of carbonyl (C=O) groups is 3. The van der Waals surface area contributed by atoms with Crippen LogP contribution in [0, 0.1) is 13.8 Å². The van der Waals surface area contributed by atoms with Gasteiger partial charge in [0.25, 0.3) is 5.91 Å². The van der Waals surface area contributed by atoms with Gasteiger partial charge in [-0.3, -0.25) is 9.59 Å². The molecule has 0 saturated heterocycles. The topological polar surface area (TPSA) is 88.9 Å². The standard InChI is InChI=1S/C21H26N2O5/c1-5-15(3)23(20(25)13-28-21(26)18-10-7-11-27-18)12-19(24)22-17-9-6-8-14(2)16(17)4/h6-11,15H,5,12-13H2,1-4H3,(H,22,24)/t15-/m0/s1. The van der Waals surface area contributed by atoms with Gasteiger partial charge in [-0.2, -0.15) is 0 Å². The number of nitrogens with zero attached hydrogens (tertiary/aromatic N) is 1. The molecule has 0 saturated carbocycles. The minimum Gasteiger partial charge on any atom is -0.457 e. The summed E-state index contributed by atoms with van der Waals surface area (Å²) in [6.45, 7) is 7.07. The molecule has 0 spiro atoms. The molecule has 0 aliphatic carbocycles. The Bertz CT molecular complexity index is 829. The van der Waals surface area contributed by atoms with E-state index in [-0.39, 0.29) is 24.3 Å². The average Bonchev–Trinajstić information content (AvgIpc) is 3.22. The van der Waals surface area contributed by atoms with Crippen LogP contribution in [0.1, 0.15) is 41.9 Å². The first kappa shape index (κ1) is 21.2. The van der Waals surface area contributed by atoms with Crippen molar-refractivity contribution in [2.45, 2.75) is 40.2 Å². The molecule has 0 fully saturated rings. The summed E-state index contributed by atoms with van der Waals surface area (Å²) in [5.74, 6) is -1.44. The van der Waals surface area contributed by atoms with Crippen LogP contribution in [0.2, 0.25) is 0 Å². The highest BCUT2D eigenvalue weighted by Gasteiger charge is 2.24. The Labute approximate surface area is 164 Å². The summed E-state index contributed by atoms with van der Waals surface area (Å²) in [4.78, 5) is 38.3. The molecule has 0 aliphatic rings. The van der Waals surface area contributed by atoms with E-state index < -0.39 is 18.5 Å². The molecule has 2 aromatic rings. The predicted molar refractivity (Wildman–Crippen MR) is 105 cm³/mol. The minimum absolute atomic E-state index is 0.0237. The van der Waals surface area contributed by atoms with Crippen molar-refractivity contribution in [3.63, 3.8) is 0 Å². The van der Waals surface area contributed by atoms with Gasteiger partial charge in [-0.15, -0.1) is 0 Å². The normalized spacial score (nSPS) is 11.6. The van der Waals surface area contributed by atoms with Gasteiger partial charge in [0.05, 0.1) is 6.26 Å². The van der Waals surface area contributed by atoms with Crippen molar-refractivity contribution >= 4 is 23.5 Å². The number of hydrogen-bond donors (Lipinski definition) is 1. The summed E-state index contributed by atoms with van der Waals surface area (Å²) >= 11 is 0. The molecule has 7 nitrogen and oxygen atoms in total. The van der Waals surface area contributed by atoms with Crippen LogP contribution in [0.3, 0.4) is 0 Å². The quantitative estimate of drug-likeness (QED) is 0.703. The fourth-order valence-electron chi connectivity index (χ4n) is 2.62. The molecule has 0 bridgehead atoms. The van der Waals surface area contributed by atoms with E-state index in [4.69, 9.17) is 9.15 Å². The molecule has 1 heterocycles. The predicted octanol–water partition coefficient (Wildman–Crippen LogP) is 3.32. The molecule has 1 atom stereocenters. The number of hydrogen-bond acceptors (Lipinski definition) is 5. The lowest BCUT2D eigenvalue weighted by Crippen LogP contribution is -2.45. The van der Waals surface area contributed by atoms with Crippen molar-refractivity contribution in [3.05, 3.63) is 53.5 Å². The fraction of sp³-hybridized carbons (Fsp3) is 0.381. The van der Waals surface area contributed by atoms with E-state index in [0.717, 1.165) is 11.1 Å². The molecule has 28 heavy (non-hydrogen) atoms. The van der Waals surface area contributed by atoms with E-state index in [1.807, 2.05) is 45.9 Å². The molecule has 150 valence electrons. The maximum absolute atomic E-state index is 12.6. The Morgan fingerprint density at radius 1 is 1.18 bits per heavy atom. The van der Waals surface area contributed by atoms with Crippen molar-refractivity contribution in [2.75, 3.05) is 18.5 Å². The second-order valence-corrected chi connectivity index (χ2v) is 6.63. The fourth-order valence-corrected chi connectivity index (χ4v) is 2.62. The van der Waals surface area contributed by atoms with Gasteiger partial charge in [0.1, 0.15) is 6.54 Å². The first-order chi connectivity index (χ1) is 13.3. The number of benzene rings is 1. The molecule has 0 radical (unpaired) electrons. The molecule has 2 rings (SSSR count). The van der Waals surface area contributed by atoms with Crippen molar-refractivity contribution in [1.82, 2.24) is 4.90 Å². The van der Waals surface area contributed by atoms with Crippen molar-refractivity contribution in [3.8, 4) is 0 Å². The van der Waals surface area contributed by atoms with Crippen molar-refractivity contribution in [2.24, 2.45) is 0 Å². The highest BCUT2D eigenvalue weighted by molar-refractivity contribution is 5.96. The van der Waals surface area contributed by atoms with Crippen LogP contribution in [0.4, 0.5) is 5.69 Å². The Morgan fingerprint density at radius 2 is 1.93 bits per heavy atom. The second-order valence-electron chi connectivity index (χ2n) is 6.63. The first-order valence-corrected chi connectivity index (χ1v) is 9.19. The van der Waals surface area contributed by atoms with Crippen LogP contribution >= 0.6 is 0 Å². The Morgan fingerprint density at radius 3 is 2.57 bits per heavy atom. The smallest absolute Gasteiger partial charge is 0.374 e. The van der Waals surface area contributed by atoms with Crippen LogP contribution < -0.4 is 5.32 Å². The van der Waals surface area contributed by atoms with Crippen molar-refractivity contribution < 1.29 is 23.5 Å². The van der Waals surface area contributed by atoms with E-state index in [9.17, 15) is 14.4 Å². The minimum atomic E-state index is -0.720. The molecule has 2 amide bonds. The number of nitrogens with one attached hydrogen (secondary N) is 1. The molecule has 0 unspecified atom stereocenters. The van der Waals surface area contributed by atoms with Gasteiger partial charge >= 0.3 is 5.97 Å². The molecule has 1 N–H and O–H groups in total. The Hall–Kier alpha value is -3.09. The third-order valence-electron chi connectivity index (χ3n) is 4.68. The van der Waals surface area contributed by atoms with Crippen molar-refractivity contribution in [1.29, 1.82) is 0 Å². The third kappa shape index (κ3) is 5.45. The van der Waals surface area contributed by atoms with Gasteiger partial charge in [0.2, 0.25) is 11.7 Å². The number of carbonyl (C=O) groups excluding carboxylic acids is 3. The highest BCUT2D eigenvalue weighted by atomic mass is 16.5. The zero-order valence-corrected chi connectivity index (χ0v) is 16.7. The largest absolute Gasteiger partial charge is 0.457 e. The van der Waals surface area contributed by atoms with Gasteiger partial charge in [-0.1, -0.05) is 19.1 Å². The van der Waals surface area contributed by atoms with Gasteiger partial charge in [-0.05, 0) is 56.5 Å². The number of aryl methyl sites for hydroxylation is 1. The summed E-state index contributed by atoms with van der Waals surface area (Å²) in [7, 11) is 0. The van der Waals surface area contributed by atoms with Crippen LogP contribution in [-0.4, -0.2) is 41.9 Å². The number of esters is 1. The number of anilines is 1. The third-order valence-corrected chi connectivity index (χ3v) is 4.68. The summed E-state index contributed by atoms with van der Waals surface area (Å²) in [5.41, 5.74) is 2.76. The van der Waals surface area contributed by atoms with Crippen LogP contribution in [0.15, 0.2) is 41.0 Å². The first-order valence-electron chi connectivity index (χ1n) is 9.19. The van der Waals surface area contributed by atoms with Crippen LogP contribution in [-0.2, 0) is 14.3 Å². The Kier molecular flexibility index (Phi) is 7.37. The highest BCUT2D eigenvalue weighted by Crippen LogP contribution is 2.18. The van der Waals surface area contributed by atoms with E-state index in [2.05, 4.69) is 5.32 Å². The number of ether oxygens (including phenoxy) is 1. The summed E-state index contributed by atoms with van der Waals surface area (Å²) in [5, 5.41) is 2.85. The van der Waals surface area contributed by atoms with E-state index >= 15 is 0 Å². The lowest BCUT2D eigenvalue weighted by Gasteiger charge is -2.28. The molecular formula is C21H26N2O5. The van der Waals surface area contributed by atoms with Crippen LogP contribution in [0.5, 0.6) is 0 Å². The lowest BCUT2D eigenvalue weighted by atomic mass is 10.1. The molecule has 1 aromatic carbocycles. The number of furan rings is 1. The van der Waals surface area contributed by atoms with Gasteiger partial charge < -0.3 is 19.4 Å². The second kappa shape index (κ2) is 9.73. The zero-order chi connectivity index (χ0) is 20.7. The molecular weight excluding hydrogens is 360 g/mol. The summed E-state index contributed by atoms with van der Waals surface area (Å²) in [6, 6.07) is 8.48. The van der Waals surface area contributed by atoms with E-state index in [0.29, 0.717) is 12.1 Å². The Balaban J connectivity index is 1.99. The average molecular weight is 386 g/mol. The number of amides is 2. The maximum atomic E-state index is 12.6. The summed E-state index contributed by atoms with van der Waals surface area (Å²) < 4.78 is 9.95. The summed E-state index contributed by atoms with van der Waals surface area (Å²) in [6.07, 6.45) is 2.01.